The maximum absolute atomic E-state index is 15.3. The van der Waals surface area contributed by atoms with E-state index in [1.165, 1.54) is 0 Å². The summed E-state index contributed by atoms with van der Waals surface area (Å²) in [6, 6.07) is 17.0. The lowest BCUT2D eigenvalue weighted by atomic mass is 9.98. The molecular formula is C44H42Cl2N6O4. The van der Waals surface area contributed by atoms with E-state index in [-0.39, 0.29) is 17.5 Å². The number of fused-ring (bicyclic) bond motifs is 4. The van der Waals surface area contributed by atoms with Crippen LogP contribution in [0.25, 0.3) is 32.9 Å². The SMILES string of the molecule is Cc1cc(OCCCc2c3n(c4c(-c5c(C)nn(C)c5C)c(Cl)ccc24)[C@H](C)CN(c2cccc4c(C(=O)O)cn(Cc5ccncc5)c24)C3=O)cc(C)c1Cl. The summed E-state index contributed by atoms with van der Waals surface area (Å²) in [4.78, 5) is 33.8. The number of rotatable bonds is 10. The quantitative estimate of drug-likeness (QED) is 0.138. The van der Waals surface area contributed by atoms with Crippen LogP contribution < -0.4 is 9.64 Å². The molecule has 7 aromatic rings. The number of nitrogens with zero attached hydrogens (tertiary/aromatic N) is 6. The summed E-state index contributed by atoms with van der Waals surface area (Å²) < 4.78 is 12.2. The molecule has 286 valence electrons. The van der Waals surface area contributed by atoms with Crippen molar-refractivity contribution in [2.24, 2.45) is 7.05 Å². The van der Waals surface area contributed by atoms with Crippen molar-refractivity contribution in [3.8, 4) is 16.9 Å². The molecule has 1 atom stereocenters. The number of pyridine rings is 1. The van der Waals surface area contributed by atoms with Gasteiger partial charge in [0.15, 0.2) is 0 Å². The van der Waals surface area contributed by atoms with Crippen LogP contribution in [0.1, 0.15) is 73.9 Å². The second-order valence-electron chi connectivity index (χ2n) is 14.8. The Morgan fingerprint density at radius 3 is 2.38 bits per heavy atom. The highest BCUT2D eigenvalue weighted by Crippen LogP contribution is 2.46. The van der Waals surface area contributed by atoms with Crippen LogP contribution in [0.15, 0.2) is 73.2 Å². The van der Waals surface area contributed by atoms with Gasteiger partial charge in [-0.1, -0.05) is 41.4 Å². The molecule has 1 aliphatic rings. The number of aromatic carboxylic acids is 1. The zero-order valence-electron chi connectivity index (χ0n) is 32.2. The fourth-order valence-electron chi connectivity index (χ4n) is 8.48. The van der Waals surface area contributed by atoms with E-state index in [9.17, 15) is 9.90 Å². The van der Waals surface area contributed by atoms with E-state index in [0.29, 0.717) is 59.8 Å². The summed E-state index contributed by atoms with van der Waals surface area (Å²) in [5.74, 6) is -0.441. The predicted octanol–water partition coefficient (Wildman–Crippen LogP) is 9.91. The normalized spacial score (nSPS) is 14.2. The third kappa shape index (κ3) is 6.21. The number of carboxylic acid groups (broad SMARTS) is 1. The zero-order chi connectivity index (χ0) is 39.6. The van der Waals surface area contributed by atoms with E-state index in [2.05, 4.69) is 16.5 Å². The first-order chi connectivity index (χ1) is 26.8. The predicted molar refractivity (Wildman–Crippen MR) is 222 cm³/mol. The van der Waals surface area contributed by atoms with Crippen LogP contribution in [-0.2, 0) is 20.0 Å². The van der Waals surface area contributed by atoms with Gasteiger partial charge in [0.2, 0.25) is 0 Å². The number of ether oxygens (including phenoxy) is 1. The Kier molecular flexibility index (Phi) is 9.66. The second-order valence-corrected chi connectivity index (χ2v) is 15.6. The smallest absolute Gasteiger partial charge is 0.337 e. The molecule has 4 aromatic heterocycles. The molecule has 10 nitrogen and oxygen atoms in total. The van der Waals surface area contributed by atoms with Crippen LogP contribution >= 0.6 is 23.2 Å². The van der Waals surface area contributed by atoms with Gasteiger partial charge < -0.3 is 23.9 Å². The second kappa shape index (κ2) is 14.5. The van der Waals surface area contributed by atoms with Gasteiger partial charge in [-0.2, -0.15) is 5.10 Å². The first-order valence-electron chi connectivity index (χ1n) is 18.7. The Bertz CT molecular complexity index is 2690. The minimum Gasteiger partial charge on any atom is -0.494 e. The van der Waals surface area contributed by atoms with E-state index >= 15 is 4.79 Å². The molecule has 3 aromatic carbocycles. The van der Waals surface area contributed by atoms with Crippen molar-refractivity contribution in [2.45, 2.75) is 60.0 Å². The Hall–Kier alpha value is -5.58. The molecule has 5 heterocycles. The topological polar surface area (TPSA) is 107 Å². The molecule has 0 saturated heterocycles. The molecule has 0 saturated carbocycles. The van der Waals surface area contributed by atoms with Crippen LogP contribution in [-0.4, -0.2) is 54.0 Å². The lowest BCUT2D eigenvalue weighted by molar-refractivity contribution is 0.0698. The molecule has 56 heavy (non-hydrogen) atoms. The van der Waals surface area contributed by atoms with Gasteiger partial charge >= 0.3 is 5.97 Å². The van der Waals surface area contributed by atoms with Crippen molar-refractivity contribution in [1.82, 2.24) is 23.9 Å². The third-order valence-electron chi connectivity index (χ3n) is 11.1. The van der Waals surface area contributed by atoms with Crippen molar-refractivity contribution in [2.75, 3.05) is 18.1 Å². The summed E-state index contributed by atoms with van der Waals surface area (Å²) in [6.45, 7) is 11.3. The van der Waals surface area contributed by atoms with Crippen molar-refractivity contribution in [3.63, 3.8) is 0 Å². The first kappa shape index (κ1) is 37.3. The summed E-state index contributed by atoms with van der Waals surface area (Å²) >= 11 is 13.6. The van der Waals surface area contributed by atoms with E-state index in [1.54, 1.807) is 18.6 Å². The number of carbonyl (C=O) groups is 2. The summed E-state index contributed by atoms with van der Waals surface area (Å²) in [6.07, 6.45) is 6.30. The molecule has 0 unspecified atom stereocenters. The van der Waals surface area contributed by atoms with Gasteiger partial charge in [-0.3, -0.25) is 14.5 Å². The number of hydrogen-bond acceptors (Lipinski definition) is 5. The Morgan fingerprint density at radius 1 is 0.964 bits per heavy atom. The molecule has 1 N–H and O–H groups in total. The lowest BCUT2D eigenvalue weighted by Crippen LogP contribution is -2.43. The number of aryl methyl sites for hydroxylation is 5. The third-order valence-corrected chi connectivity index (χ3v) is 12.0. The van der Waals surface area contributed by atoms with E-state index in [4.69, 9.17) is 33.0 Å². The number of halogens is 2. The minimum absolute atomic E-state index is 0.165. The average Bonchev–Trinajstić information content (AvgIpc) is 3.79. The number of carbonyl (C=O) groups excluding carboxylic acids is 1. The summed E-state index contributed by atoms with van der Waals surface area (Å²) in [7, 11) is 1.92. The van der Waals surface area contributed by atoms with Crippen molar-refractivity contribution in [1.29, 1.82) is 0 Å². The minimum atomic E-state index is -1.03. The van der Waals surface area contributed by atoms with Gasteiger partial charge in [0.1, 0.15) is 11.4 Å². The average molecular weight is 790 g/mol. The molecule has 0 fully saturated rings. The molecular weight excluding hydrogens is 747 g/mol. The van der Waals surface area contributed by atoms with Gasteiger partial charge in [0, 0.05) is 77.4 Å². The maximum atomic E-state index is 15.3. The van der Waals surface area contributed by atoms with Crippen molar-refractivity contribution in [3.05, 3.63) is 128 Å². The zero-order valence-corrected chi connectivity index (χ0v) is 33.7. The number of amides is 1. The van der Waals surface area contributed by atoms with Crippen LogP contribution in [0, 0.1) is 27.7 Å². The number of benzene rings is 3. The summed E-state index contributed by atoms with van der Waals surface area (Å²) in [5, 5.41) is 17.8. The standard InChI is InChI=1S/C44H42Cl2N6O4/c1-24-19-30(20-25(2)39(24)46)56-18-8-10-31-33-12-13-35(45)38(37-27(4)48-49(6)28(37)5)41(33)52-26(3)21-51(43(53)42(31)52)36-11-7-9-32-34(44(54)55)23-50(40(32)36)22-29-14-16-47-17-15-29/h7,9,11-17,19-20,23,26H,8,10,18,21-22H2,1-6H3,(H,54,55)/t26-/m1/s1. The highest BCUT2D eigenvalue weighted by Gasteiger charge is 2.38. The van der Waals surface area contributed by atoms with Crippen LogP contribution in [0.2, 0.25) is 10.0 Å². The monoisotopic (exact) mass is 788 g/mol. The first-order valence-corrected chi connectivity index (χ1v) is 19.4. The van der Waals surface area contributed by atoms with Gasteiger partial charge in [-0.15, -0.1) is 0 Å². The fourth-order valence-corrected chi connectivity index (χ4v) is 8.83. The number of aromatic nitrogens is 5. The van der Waals surface area contributed by atoms with E-state index in [0.717, 1.165) is 66.4 Å². The van der Waals surface area contributed by atoms with Gasteiger partial charge in [-0.25, -0.2) is 4.79 Å². The Balaban J connectivity index is 1.28. The Labute approximate surface area is 334 Å². The Morgan fingerprint density at radius 2 is 1.70 bits per heavy atom. The number of hydrogen-bond donors (Lipinski definition) is 1. The summed E-state index contributed by atoms with van der Waals surface area (Å²) in [5.41, 5.74) is 10.4. The van der Waals surface area contributed by atoms with Crippen LogP contribution in [0.3, 0.4) is 0 Å². The molecule has 8 rings (SSSR count). The van der Waals surface area contributed by atoms with Crippen molar-refractivity contribution < 1.29 is 19.4 Å². The highest BCUT2D eigenvalue weighted by atomic mass is 35.5. The van der Waals surface area contributed by atoms with Gasteiger partial charge in [0.25, 0.3) is 5.91 Å². The van der Waals surface area contributed by atoms with E-state index in [1.807, 2.05) is 103 Å². The molecule has 1 aliphatic heterocycles. The van der Waals surface area contributed by atoms with Crippen LogP contribution in [0.4, 0.5) is 5.69 Å². The molecule has 1 amide bonds. The highest BCUT2D eigenvalue weighted by molar-refractivity contribution is 6.35. The van der Waals surface area contributed by atoms with Gasteiger partial charge in [-0.05, 0) is 106 Å². The fraction of sp³-hybridized carbons (Fsp3) is 0.273. The number of carboxylic acids is 1. The maximum Gasteiger partial charge on any atom is 0.337 e. The number of para-hydroxylation sites is 1. The molecule has 12 heteroatoms. The molecule has 0 spiro atoms. The number of anilines is 1. The molecule has 0 aliphatic carbocycles. The van der Waals surface area contributed by atoms with Crippen molar-refractivity contribution >= 4 is 62.6 Å². The van der Waals surface area contributed by atoms with Gasteiger partial charge in [0.05, 0.1) is 39.6 Å². The largest absolute Gasteiger partial charge is 0.494 e. The lowest BCUT2D eigenvalue weighted by Gasteiger charge is -2.35. The molecule has 0 bridgehead atoms. The van der Waals surface area contributed by atoms with Crippen LogP contribution in [0.5, 0.6) is 5.75 Å². The molecule has 0 radical (unpaired) electrons. The van der Waals surface area contributed by atoms with E-state index < -0.39 is 5.97 Å².